The number of nitrogens with zero attached hydrogens (tertiary/aromatic N) is 3. The highest BCUT2D eigenvalue weighted by molar-refractivity contribution is 8.01. The molecule has 3 heterocycles. The van der Waals surface area contributed by atoms with Crippen molar-refractivity contribution in [1.29, 1.82) is 0 Å². The number of amides is 1. The van der Waals surface area contributed by atoms with Gasteiger partial charge in [-0.15, -0.1) is 11.3 Å². The number of rotatable bonds is 4. The van der Waals surface area contributed by atoms with Gasteiger partial charge >= 0.3 is 0 Å². The van der Waals surface area contributed by atoms with E-state index in [2.05, 4.69) is 34.2 Å². The van der Waals surface area contributed by atoms with Gasteiger partial charge in [-0.3, -0.25) is 9.78 Å². The van der Waals surface area contributed by atoms with E-state index in [1.54, 1.807) is 23.7 Å². The molecule has 28 heavy (non-hydrogen) atoms. The highest BCUT2D eigenvalue weighted by Crippen LogP contribution is 2.34. The van der Waals surface area contributed by atoms with Gasteiger partial charge in [0.15, 0.2) is 4.34 Å². The van der Waals surface area contributed by atoms with Crippen LogP contribution in [0.25, 0.3) is 21.3 Å². The Kier molecular flexibility index (Phi) is 4.58. The SMILES string of the molecule is O=C(CSc1nc2ccccc2s1)N1CCc2cc(-c3ccncc3)ccc21. The fourth-order valence-electron chi connectivity index (χ4n) is 3.50. The molecule has 138 valence electrons. The predicted octanol–water partition coefficient (Wildman–Crippen LogP) is 5.04. The quantitative estimate of drug-likeness (QED) is 0.448. The molecule has 0 fully saturated rings. The minimum Gasteiger partial charge on any atom is -0.311 e. The number of pyridine rings is 1. The summed E-state index contributed by atoms with van der Waals surface area (Å²) in [4.78, 5) is 23.4. The molecule has 5 rings (SSSR count). The summed E-state index contributed by atoms with van der Waals surface area (Å²) < 4.78 is 2.11. The summed E-state index contributed by atoms with van der Waals surface area (Å²) in [6, 6.07) is 18.4. The van der Waals surface area contributed by atoms with Crippen molar-refractivity contribution in [2.24, 2.45) is 0 Å². The second-order valence-corrected chi connectivity index (χ2v) is 8.86. The molecule has 0 saturated carbocycles. The monoisotopic (exact) mass is 403 g/mol. The Morgan fingerprint density at radius 1 is 1.07 bits per heavy atom. The number of carbonyl (C=O) groups is 1. The first-order valence-electron chi connectivity index (χ1n) is 9.10. The van der Waals surface area contributed by atoms with Crippen LogP contribution in [0.1, 0.15) is 5.56 Å². The van der Waals surface area contributed by atoms with Crippen molar-refractivity contribution in [3.8, 4) is 11.1 Å². The van der Waals surface area contributed by atoms with E-state index in [1.807, 2.05) is 35.2 Å². The fraction of sp³-hybridized carbons (Fsp3) is 0.136. The zero-order valence-electron chi connectivity index (χ0n) is 15.0. The topological polar surface area (TPSA) is 46.1 Å². The maximum atomic E-state index is 12.8. The van der Waals surface area contributed by atoms with E-state index in [4.69, 9.17) is 0 Å². The van der Waals surface area contributed by atoms with Gasteiger partial charge in [-0.2, -0.15) is 0 Å². The number of aromatic nitrogens is 2. The second-order valence-electron chi connectivity index (χ2n) is 6.61. The lowest BCUT2D eigenvalue weighted by Gasteiger charge is -2.17. The minimum atomic E-state index is 0.139. The average Bonchev–Trinajstić information content (AvgIpc) is 3.36. The molecule has 1 amide bonds. The van der Waals surface area contributed by atoms with Gasteiger partial charge in [0.2, 0.25) is 5.91 Å². The lowest BCUT2D eigenvalue weighted by Crippen LogP contribution is -2.30. The Balaban J connectivity index is 1.30. The van der Waals surface area contributed by atoms with Crippen LogP contribution in [0.4, 0.5) is 5.69 Å². The molecule has 6 heteroatoms. The van der Waals surface area contributed by atoms with Gasteiger partial charge in [-0.05, 0) is 59.5 Å². The molecule has 1 aliphatic rings. The van der Waals surface area contributed by atoms with Crippen LogP contribution in [0.2, 0.25) is 0 Å². The number of thioether (sulfide) groups is 1. The van der Waals surface area contributed by atoms with Gasteiger partial charge in [0.1, 0.15) is 0 Å². The van der Waals surface area contributed by atoms with Crippen molar-refractivity contribution in [2.75, 3.05) is 17.2 Å². The van der Waals surface area contributed by atoms with E-state index in [0.717, 1.165) is 38.8 Å². The Morgan fingerprint density at radius 2 is 1.93 bits per heavy atom. The van der Waals surface area contributed by atoms with E-state index < -0.39 is 0 Å². The molecule has 0 spiro atoms. The molecule has 0 aliphatic carbocycles. The zero-order chi connectivity index (χ0) is 18.9. The largest absolute Gasteiger partial charge is 0.311 e. The Labute approximate surface area is 171 Å². The van der Waals surface area contributed by atoms with E-state index in [-0.39, 0.29) is 5.91 Å². The molecule has 2 aromatic heterocycles. The van der Waals surface area contributed by atoms with Crippen LogP contribution in [0.3, 0.4) is 0 Å². The van der Waals surface area contributed by atoms with Gasteiger partial charge in [0.25, 0.3) is 0 Å². The van der Waals surface area contributed by atoms with Crippen molar-refractivity contribution in [3.63, 3.8) is 0 Å². The highest BCUT2D eigenvalue weighted by atomic mass is 32.2. The number of thiazole rings is 1. The summed E-state index contributed by atoms with van der Waals surface area (Å²) in [5.41, 5.74) is 5.58. The lowest BCUT2D eigenvalue weighted by molar-refractivity contribution is -0.116. The first-order chi connectivity index (χ1) is 13.8. The summed E-state index contributed by atoms with van der Waals surface area (Å²) in [7, 11) is 0. The maximum absolute atomic E-state index is 12.8. The number of anilines is 1. The molecule has 4 nitrogen and oxygen atoms in total. The van der Waals surface area contributed by atoms with E-state index in [0.29, 0.717) is 5.75 Å². The standard InChI is InChI=1S/C22H17N3OS2/c26-21(14-27-22-24-18-3-1-2-4-20(18)28-22)25-12-9-17-13-16(5-6-19(17)25)15-7-10-23-11-8-15/h1-8,10-11,13H,9,12,14H2. The molecular formula is C22H17N3OS2. The number of carbonyl (C=O) groups excluding carboxylic acids is 1. The first kappa shape index (κ1) is 17.4. The molecule has 0 N–H and O–H groups in total. The third-order valence-electron chi connectivity index (χ3n) is 4.88. The van der Waals surface area contributed by atoms with Crippen molar-refractivity contribution >= 4 is 44.9 Å². The Bertz CT molecular complexity index is 1120. The average molecular weight is 404 g/mol. The van der Waals surface area contributed by atoms with Crippen molar-refractivity contribution in [3.05, 3.63) is 72.6 Å². The normalized spacial score (nSPS) is 13.1. The molecule has 0 unspecified atom stereocenters. The lowest BCUT2D eigenvalue weighted by atomic mass is 10.0. The summed E-state index contributed by atoms with van der Waals surface area (Å²) in [6.07, 6.45) is 4.50. The maximum Gasteiger partial charge on any atom is 0.237 e. The molecule has 2 aromatic carbocycles. The summed E-state index contributed by atoms with van der Waals surface area (Å²) in [5, 5.41) is 0. The Morgan fingerprint density at radius 3 is 2.79 bits per heavy atom. The second kappa shape index (κ2) is 7.37. The first-order valence-corrected chi connectivity index (χ1v) is 10.9. The Hall–Kier alpha value is -2.70. The van der Waals surface area contributed by atoms with Crippen LogP contribution < -0.4 is 4.90 Å². The summed E-state index contributed by atoms with van der Waals surface area (Å²) in [6.45, 7) is 0.744. The zero-order valence-corrected chi connectivity index (χ0v) is 16.7. The van der Waals surface area contributed by atoms with Crippen LogP contribution in [0.5, 0.6) is 0 Å². The number of benzene rings is 2. The third-order valence-corrected chi connectivity index (χ3v) is 7.05. The molecule has 1 aliphatic heterocycles. The van der Waals surface area contributed by atoms with Gasteiger partial charge in [-0.25, -0.2) is 4.98 Å². The number of hydrogen-bond donors (Lipinski definition) is 0. The molecular weight excluding hydrogens is 386 g/mol. The third kappa shape index (κ3) is 3.30. The molecule has 0 saturated heterocycles. The van der Waals surface area contributed by atoms with Crippen LogP contribution in [0.15, 0.2) is 71.3 Å². The molecule has 4 aromatic rings. The molecule has 0 atom stereocenters. The van der Waals surface area contributed by atoms with Gasteiger partial charge in [-0.1, -0.05) is 30.0 Å². The predicted molar refractivity (Wildman–Crippen MR) is 116 cm³/mol. The number of hydrogen-bond acceptors (Lipinski definition) is 5. The van der Waals surface area contributed by atoms with Gasteiger partial charge in [0, 0.05) is 24.6 Å². The summed E-state index contributed by atoms with van der Waals surface area (Å²) in [5.74, 6) is 0.547. The van der Waals surface area contributed by atoms with Crippen LogP contribution in [0, 0.1) is 0 Å². The van der Waals surface area contributed by atoms with E-state index in [9.17, 15) is 4.79 Å². The van der Waals surface area contributed by atoms with Crippen molar-refractivity contribution in [1.82, 2.24) is 9.97 Å². The summed E-state index contributed by atoms with van der Waals surface area (Å²) >= 11 is 3.17. The van der Waals surface area contributed by atoms with Crippen LogP contribution in [-0.2, 0) is 11.2 Å². The van der Waals surface area contributed by atoms with Crippen LogP contribution >= 0.6 is 23.1 Å². The van der Waals surface area contributed by atoms with Gasteiger partial charge < -0.3 is 4.90 Å². The fourth-order valence-corrected chi connectivity index (χ4v) is 5.44. The molecule has 0 radical (unpaired) electrons. The smallest absolute Gasteiger partial charge is 0.237 e. The van der Waals surface area contributed by atoms with Crippen LogP contribution in [-0.4, -0.2) is 28.2 Å². The number of fused-ring (bicyclic) bond motifs is 2. The van der Waals surface area contributed by atoms with E-state index >= 15 is 0 Å². The highest BCUT2D eigenvalue weighted by Gasteiger charge is 2.25. The molecule has 0 bridgehead atoms. The van der Waals surface area contributed by atoms with Crippen molar-refractivity contribution in [2.45, 2.75) is 10.8 Å². The minimum absolute atomic E-state index is 0.139. The van der Waals surface area contributed by atoms with E-state index in [1.165, 1.54) is 22.9 Å². The van der Waals surface area contributed by atoms with Crippen molar-refractivity contribution < 1.29 is 4.79 Å². The number of para-hydroxylation sites is 1. The van der Waals surface area contributed by atoms with Gasteiger partial charge in [0.05, 0.1) is 16.0 Å².